The van der Waals surface area contributed by atoms with Crippen molar-refractivity contribution in [3.05, 3.63) is 93.2 Å². The van der Waals surface area contributed by atoms with Gasteiger partial charge in [-0.15, -0.1) is 11.3 Å². The molecule has 12 heteroatoms. The molecule has 10 nitrogen and oxygen atoms in total. The van der Waals surface area contributed by atoms with Crippen molar-refractivity contribution in [2.24, 2.45) is 0 Å². The number of methoxy groups -OCH3 is 1. The molecule has 0 radical (unpaired) electrons. The largest absolute Gasteiger partial charge is 0.481 e. The predicted molar refractivity (Wildman–Crippen MR) is 143 cm³/mol. The number of benzene rings is 1. The van der Waals surface area contributed by atoms with Crippen LogP contribution in [0.25, 0.3) is 0 Å². The molecule has 0 aliphatic carbocycles. The summed E-state index contributed by atoms with van der Waals surface area (Å²) < 4.78 is 5.05. The molecular weight excluding hydrogens is 528 g/mol. The van der Waals surface area contributed by atoms with Crippen molar-refractivity contribution in [2.75, 3.05) is 17.7 Å². The van der Waals surface area contributed by atoms with Crippen LogP contribution >= 0.6 is 22.9 Å². The molecule has 0 saturated heterocycles. The number of nitrogens with zero attached hydrogens (tertiary/aromatic N) is 4. The van der Waals surface area contributed by atoms with Gasteiger partial charge in [-0.25, -0.2) is 9.97 Å². The highest BCUT2D eigenvalue weighted by Gasteiger charge is 2.36. The second-order valence-corrected chi connectivity index (χ2v) is 9.66. The number of carbonyl (C=O) groups is 3. The molecule has 1 aliphatic heterocycles. The van der Waals surface area contributed by atoms with Gasteiger partial charge >= 0.3 is 0 Å². The Balaban J connectivity index is 1.40. The van der Waals surface area contributed by atoms with E-state index in [1.54, 1.807) is 41.9 Å². The summed E-state index contributed by atoms with van der Waals surface area (Å²) in [5, 5.41) is 7.48. The van der Waals surface area contributed by atoms with Crippen LogP contribution in [-0.2, 0) is 17.8 Å². The van der Waals surface area contributed by atoms with Crippen LogP contribution in [-0.4, -0.2) is 50.7 Å². The Morgan fingerprint density at radius 3 is 2.79 bits per heavy atom. The quantitative estimate of drug-likeness (QED) is 0.357. The lowest BCUT2D eigenvalue weighted by atomic mass is 10.1. The first-order valence-electron chi connectivity index (χ1n) is 11.5. The van der Waals surface area contributed by atoms with Gasteiger partial charge < -0.3 is 20.3 Å². The second kappa shape index (κ2) is 11.0. The van der Waals surface area contributed by atoms with E-state index in [-0.39, 0.29) is 41.2 Å². The number of nitrogens with one attached hydrogen (secondary N) is 2. The Labute approximate surface area is 226 Å². The molecule has 38 heavy (non-hydrogen) atoms. The third-order valence-corrected chi connectivity index (χ3v) is 7.12. The summed E-state index contributed by atoms with van der Waals surface area (Å²) in [4.78, 5) is 53.8. The van der Waals surface area contributed by atoms with Crippen molar-refractivity contribution in [2.45, 2.75) is 19.0 Å². The highest BCUT2D eigenvalue weighted by molar-refractivity contribution is 7.12. The van der Waals surface area contributed by atoms with Crippen LogP contribution in [0.1, 0.15) is 31.3 Å². The lowest BCUT2D eigenvalue weighted by molar-refractivity contribution is -0.120. The SMILES string of the molecule is COc1cc(NC(=O)c2ccc(CN3C(=O)c4sccc4NC(=O)C3Cc3ccccn3)cc2Cl)ncn1. The summed E-state index contributed by atoms with van der Waals surface area (Å²) >= 11 is 7.75. The third kappa shape index (κ3) is 5.34. The van der Waals surface area contributed by atoms with Crippen LogP contribution in [0.4, 0.5) is 11.5 Å². The number of halogens is 1. The third-order valence-electron chi connectivity index (χ3n) is 5.91. The van der Waals surface area contributed by atoms with Gasteiger partial charge in [-0.1, -0.05) is 23.7 Å². The lowest BCUT2D eigenvalue weighted by Gasteiger charge is -2.28. The van der Waals surface area contributed by atoms with E-state index in [0.29, 0.717) is 27.7 Å². The van der Waals surface area contributed by atoms with Gasteiger partial charge in [0, 0.05) is 30.9 Å². The van der Waals surface area contributed by atoms with Gasteiger partial charge in [0.05, 0.1) is 23.4 Å². The van der Waals surface area contributed by atoms with Crippen molar-refractivity contribution in [3.63, 3.8) is 0 Å². The minimum atomic E-state index is -0.800. The fourth-order valence-corrected chi connectivity index (χ4v) is 5.14. The highest BCUT2D eigenvalue weighted by Crippen LogP contribution is 2.31. The fraction of sp³-hybridized carbons (Fsp3) is 0.154. The molecule has 3 amide bonds. The molecule has 1 atom stereocenters. The first kappa shape index (κ1) is 25.3. The number of ether oxygens (including phenoxy) is 1. The number of pyridine rings is 1. The number of carbonyl (C=O) groups excluding carboxylic acids is 3. The molecule has 4 aromatic rings. The number of hydrogen-bond acceptors (Lipinski definition) is 8. The number of rotatable bonds is 7. The Hall–Kier alpha value is -4.35. The zero-order valence-electron chi connectivity index (χ0n) is 20.1. The normalized spacial score (nSPS) is 14.9. The van der Waals surface area contributed by atoms with E-state index in [0.717, 1.165) is 0 Å². The van der Waals surface area contributed by atoms with E-state index in [1.807, 2.05) is 12.1 Å². The average Bonchev–Trinajstić information content (AvgIpc) is 3.36. The summed E-state index contributed by atoms with van der Waals surface area (Å²) in [6, 6.07) is 12.7. The topological polar surface area (TPSA) is 126 Å². The summed E-state index contributed by atoms with van der Waals surface area (Å²) in [6.07, 6.45) is 3.16. The number of fused-ring (bicyclic) bond motifs is 1. The van der Waals surface area contributed by atoms with E-state index in [2.05, 4.69) is 25.6 Å². The zero-order valence-corrected chi connectivity index (χ0v) is 21.6. The second-order valence-electron chi connectivity index (χ2n) is 8.34. The fourth-order valence-electron chi connectivity index (χ4n) is 4.05. The molecule has 192 valence electrons. The molecular formula is C26H21ClN6O4S. The molecule has 0 saturated carbocycles. The van der Waals surface area contributed by atoms with Crippen molar-refractivity contribution in [1.82, 2.24) is 19.9 Å². The molecule has 0 fully saturated rings. The lowest BCUT2D eigenvalue weighted by Crippen LogP contribution is -2.46. The molecule has 4 heterocycles. The standard InChI is InChI=1S/C26H21ClN6O4S/c1-37-22-12-21(29-14-30-22)32-24(34)17-6-5-15(10-18(17)27)13-33-20(11-16-4-2-3-8-28-16)25(35)31-19-7-9-38-23(19)26(33)36/h2-10,12,14,20H,11,13H2,1H3,(H,31,35)(H,29,30,32,34). The van der Waals surface area contributed by atoms with Gasteiger partial charge in [-0.05, 0) is 41.3 Å². The molecule has 0 spiro atoms. The first-order chi connectivity index (χ1) is 18.4. The monoisotopic (exact) mass is 548 g/mol. The van der Waals surface area contributed by atoms with E-state index >= 15 is 0 Å². The van der Waals surface area contributed by atoms with Crippen molar-refractivity contribution in [1.29, 1.82) is 0 Å². The van der Waals surface area contributed by atoms with Crippen LogP contribution in [0.2, 0.25) is 5.02 Å². The highest BCUT2D eigenvalue weighted by atomic mass is 35.5. The van der Waals surface area contributed by atoms with Gasteiger partial charge in [-0.2, -0.15) is 0 Å². The van der Waals surface area contributed by atoms with E-state index < -0.39 is 11.9 Å². The van der Waals surface area contributed by atoms with Crippen molar-refractivity contribution < 1.29 is 19.1 Å². The number of amides is 3. The summed E-state index contributed by atoms with van der Waals surface area (Å²) in [5.74, 6) is -0.485. The minimum absolute atomic E-state index is 0.103. The van der Waals surface area contributed by atoms with Gasteiger partial charge in [0.15, 0.2) is 0 Å². The number of anilines is 2. The maximum absolute atomic E-state index is 13.6. The molecule has 5 rings (SSSR count). The van der Waals surface area contributed by atoms with Crippen LogP contribution in [0.15, 0.2) is 66.4 Å². The Kier molecular flexibility index (Phi) is 7.29. The number of hydrogen-bond donors (Lipinski definition) is 2. The van der Waals surface area contributed by atoms with Crippen molar-refractivity contribution >= 4 is 52.2 Å². The van der Waals surface area contributed by atoms with Crippen LogP contribution in [0, 0.1) is 0 Å². The van der Waals surface area contributed by atoms with E-state index in [1.165, 1.54) is 35.7 Å². The Bertz CT molecular complexity index is 1510. The molecule has 0 bridgehead atoms. The maximum atomic E-state index is 13.6. The predicted octanol–water partition coefficient (Wildman–Crippen LogP) is 4.05. The summed E-state index contributed by atoms with van der Waals surface area (Å²) in [6.45, 7) is 0.103. The molecule has 1 aliphatic rings. The zero-order chi connectivity index (χ0) is 26.6. The van der Waals surface area contributed by atoms with Crippen molar-refractivity contribution in [3.8, 4) is 5.88 Å². The smallest absolute Gasteiger partial charge is 0.267 e. The number of thiophene rings is 1. The van der Waals surface area contributed by atoms with Gasteiger partial charge in [0.25, 0.3) is 11.8 Å². The van der Waals surface area contributed by atoms with Gasteiger partial charge in [-0.3, -0.25) is 19.4 Å². The Morgan fingerprint density at radius 1 is 1.16 bits per heavy atom. The van der Waals surface area contributed by atoms with E-state index in [9.17, 15) is 14.4 Å². The van der Waals surface area contributed by atoms with Crippen LogP contribution < -0.4 is 15.4 Å². The summed E-state index contributed by atoms with van der Waals surface area (Å²) in [7, 11) is 1.46. The summed E-state index contributed by atoms with van der Waals surface area (Å²) in [5.41, 5.74) is 2.05. The first-order valence-corrected chi connectivity index (χ1v) is 12.7. The van der Waals surface area contributed by atoms with Crippen LogP contribution in [0.3, 0.4) is 0 Å². The average molecular weight is 549 g/mol. The molecule has 3 aromatic heterocycles. The Morgan fingerprint density at radius 2 is 2.03 bits per heavy atom. The minimum Gasteiger partial charge on any atom is -0.481 e. The van der Waals surface area contributed by atoms with Gasteiger partial charge in [0.1, 0.15) is 23.1 Å². The van der Waals surface area contributed by atoms with E-state index in [4.69, 9.17) is 16.3 Å². The van der Waals surface area contributed by atoms with Gasteiger partial charge in [0.2, 0.25) is 11.8 Å². The molecule has 1 aromatic carbocycles. The molecule has 1 unspecified atom stereocenters. The maximum Gasteiger partial charge on any atom is 0.267 e. The molecule has 2 N–H and O–H groups in total. The van der Waals surface area contributed by atoms with Crippen LogP contribution in [0.5, 0.6) is 5.88 Å². The number of aromatic nitrogens is 3.